The Balaban J connectivity index is 1.95. The molecule has 5 heteroatoms. The molecule has 1 aromatic rings. The normalized spacial score (nSPS) is 19.1. The van der Waals surface area contributed by atoms with E-state index >= 15 is 0 Å². The van der Waals surface area contributed by atoms with Gasteiger partial charge < -0.3 is 13.8 Å². The molecule has 2 atom stereocenters. The van der Waals surface area contributed by atoms with E-state index in [-0.39, 0.29) is 6.10 Å². The molecule has 1 aliphatic rings. The Morgan fingerprint density at radius 1 is 1.14 bits per heavy atom. The Hall–Kier alpha value is -0.670. The van der Waals surface area contributed by atoms with Crippen LogP contribution >= 0.6 is 8.53 Å². The topological polar surface area (TPSA) is 30.9 Å². The number of nitrogens with zero attached hydrogens (tertiary/aromatic N) is 1. The van der Waals surface area contributed by atoms with Crippen molar-refractivity contribution in [3.05, 3.63) is 30.3 Å². The van der Waals surface area contributed by atoms with E-state index in [1.54, 1.807) is 7.11 Å². The molecule has 0 amide bonds. The summed E-state index contributed by atoms with van der Waals surface area (Å²) in [6.45, 7) is 4.81. The summed E-state index contributed by atoms with van der Waals surface area (Å²) in [4.78, 5) is 0. The maximum atomic E-state index is 6.11. The van der Waals surface area contributed by atoms with Crippen LogP contribution in [0.25, 0.3) is 0 Å². The molecule has 2 unspecified atom stereocenters. The summed E-state index contributed by atoms with van der Waals surface area (Å²) in [5.41, 5.74) is 0. The Kier molecular flexibility index (Phi) is 7.45. The molecule has 1 aliphatic heterocycles. The van der Waals surface area contributed by atoms with E-state index in [1.165, 1.54) is 19.3 Å². The molecule has 0 spiro atoms. The molecule has 1 fully saturated rings. The van der Waals surface area contributed by atoms with Gasteiger partial charge in [0.2, 0.25) is 0 Å². The van der Waals surface area contributed by atoms with Crippen LogP contribution in [0.2, 0.25) is 0 Å². The summed E-state index contributed by atoms with van der Waals surface area (Å²) in [6.07, 6.45) is 4.84. The van der Waals surface area contributed by atoms with Gasteiger partial charge in [-0.2, -0.15) is 0 Å². The highest BCUT2D eigenvalue weighted by Gasteiger charge is 2.26. The molecule has 0 aliphatic carbocycles. The van der Waals surface area contributed by atoms with Crippen LogP contribution in [0.5, 0.6) is 5.75 Å². The zero-order valence-electron chi connectivity index (χ0n) is 13.0. The summed E-state index contributed by atoms with van der Waals surface area (Å²) in [7, 11) is 0.689. The van der Waals surface area contributed by atoms with Crippen LogP contribution in [0.3, 0.4) is 0 Å². The lowest BCUT2D eigenvalue weighted by molar-refractivity contribution is 0.0523. The third-order valence-corrected chi connectivity index (χ3v) is 5.25. The van der Waals surface area contributed by atoms with E-state index in [2.05, 4.69) is 11.6 Å². The lowest BCUT2D eigenvalue weighted by atomic mass is 10.2. The van der Waals surface area contributed by atoms with Crippen molar-refractivity contribution in [3.8, 4) is 5.75 Å². The van der Waals surface area contributed by atoms with Gasteiger partial charge in [-0.1, -0.05) is 31.5 Å². The van der Waals surface area contributed by atoms with Crippen molar-refractivity contribution in [2.45, 2.75) is 38.7 Å². The SMILES string of the molecule is CCC(COP(Oc1ccccc1)N1CCCCC1)OC. The average Bonchev–Trinajstić information content (AvgIpc) is 2.56. The molecular formula is C16H26NO3P. The number of methoxy groups -OCH3 is 1. The number of hydrogen-bond donors (Lipinski definition) is 0. The number of benzene rings is 1. The first-order chi connectivity index (χ1) is 10.3. The van der Waals surface area contributed by atoms with Gasteiger partial charge in [0, 0.05) is 20.2 Å². The zero-order chi connectivity index (χ0) is 14.9. The fourth-order valence-corrected chi connectivity index (χ4v) is 3.81. The van der Waals surface area contributed by atoms with Crippen molar-refractivity contribution in [2.24, 2.45) is 0 Å². The molecule has 0 bridgehead atoms. The maximum Gasteiger partial charge on any atom is 0.321 e. The molecule has 0 aromatic heterocycles. The van der Waals surface area contributed by atoms with Crippen molar-refractivity contribution < 1.29 is 13.8 Å². The highest BCUT2D eigenvalue weighted by atomic mass is 31.2. The summed E-state index contributed by atoms with van der Waals surface area (Å²) in [5.74, 6) is 0.875. The minimum Gasteiger partial charge on any atom is -0.436 e. The van der Waals surface area contributed by atoms with Crippen LogP contribution in [0, 0.1) is 0 Å². The lowest BCUT2D eigenvalue weighted by Gasteiger charge is -2.32. The van der Waals surface area contributed by atoms with Crippen molar-refractivity contribution in [1.82, 2.24) is 4.67 Å². The highest BCUT2D eigenvalue weighted by Crippen LogP contribution is 2.44. The van der Waals surface area contributed by atoms with Crippen LogP contribution in [0.1, 0.15) is 32.6 Å². The minimum absolute atomic E-state index is 0.138. The predicted molar refractivity (Wildman–Crippen MR) is 86.5 cm³/mol. The molecule has 0 N–H and O–H groups in total. The molecule has 118 valence electrons. The molecule has 0 radical (unpaired) electrons. The summed E-state index contributed by atoms with van der Waals surface area (Å²) >= 11 is 0. The number of para-hydroxylation sites is 1. The maximum absolute atomic E-state index is 6.11. The largest absolute Gasteiger partial charge is 0.436 e. The van der Waals surface area contributed by atoms with Crippen LogP contribution in [-0.2, 0) is 9.26 Å². The molecule has 1 heterocycles. The number of rotatable bonds is 8. The van der Waals surface area contributed by atoms with Gasteiger partial charge in [-0.05, 0) is 31.4 Å². The predicted octanol–water partition coefficient (Wildman–Crippen LogP) is 4.22. The van der Waals surface area contributed by atoms with Crippen molar-refractivity contribution in [1.29, 1.82) is 0 Å². The van der Waals surface area contributed by atoms with Gasteiger partial charge in [-0.3, -0.25) is 0 Å². The van der Waals surface area contributed by atoms with Crippen LogP contribution in [-0.4, -0.2) is 37.6 Å². The first-order valence-corrected chi connectivity index (χ1v) is 8.90. The minimum atomic E-state index is -1.05. The second-order valence-corrected chi connectivity index (χ2v) is 6.70. The summed E-state index contributed by atoms with van der Waals surface area (Å²) in [6, 6.07) is 9.94. The smallest absolute Gasteiger partial charge is 0.321 e. The lowest BCUT2D eigenvalue weighted by Crippen LogP contribution is -2.29. The van der Waals surface area contributed by atoms with E-state index in [1.807, 2.05) is 30.3 Å². The number of hydrogen-bond acceptors (Lipinski definition) is 4. The van der Waals surface area contributed by atoms with Crippen LogP contribution in [0.4, 0.5) is 0 Å². The fourth-order valence-electron chi connectivity index (χ4n) is 2.28. The van der Waals surface area contributed by atoms with Crippen LogP contribution < -0.4 is 4.52 Å². The third kappa shape index (κ3) is 5.55. The summed E-state index contributed by atoms with van der Waals surface area (Å²) < 4.78 is 19.9. The monoisotopic (exact) mass is 311 g/mol. The molecule has 0 saturated carbocycles. The number of ether oxygens (including phenoxy) is 1. The Labute approximate surface area is 129 Å². The second kappa shape index (κ2) is 9.37. The quantitative estimate of drug-likeness (QED) is 0.673. The van der Waals surface area contributed by atoms with Gasteiger partial charge >= 0.3 is 8.53 Å². The Morgan fingerprint density at radius 2 is 1.86 bits per heavy atom. The van der Waals surface area contributed by atoms with E-state index in [0.717, 1.165) is 25.3 Å². The molecule has 4 nitrogen and oxygen atoms in total. The van der Waals surface area contributed by atoms with Crippen molar-refractivity contribution in [2.75, 3.05) is 26.8 Å². The Morgan fingerprint density at radius 3 is 2.48 bits per heavy atom. The average molecular weight is 311 g/mol. The van der Waals surface area contributed by atoms with Gasteiger partial charge in [-0.15, -0.1) is 0 Å². The van der Waals surface area contributed by atoms with Gasteiger partial charge in [0.25, 0.3) is 0 Å². The van der Waals surface area contributed by atoms with E-state index in [9.17, 15) is 0 Å². The van der Waals surface area contributed by atoms with Crippen molar-refractivity contribution in [3.63, 3.8) is 0 Å². The van der Waals surface area contributed by atoms with Gasteiger partial charge in [0.1, 0.15) is 5.75 Å². The number of piperidine rings is 1. The van der Waals surface area contributed by atoms with Gasteiger partial charge in [0.15, 0.2) is 0 Å². The molecule has 1 aromatic carbocycles. The first-order valence-electron chi connectivity index (χ1n) is 7.77. The zero-order valence-corrected chi connectivity index (χ0v) is 13.9. The van der Waals surface area contributed by atoms with Crippen LogP contribution in [0.15, 0.2) is 30.3 Å². The van der Waals surface area contributed by atoms with Gasteiger partial charge in [-0.25, -0.2) is 4.67 Å². The third-order valence-electron chi connectivity index (χ3n) is 3.65. The van der Waals surface area contributed by atoms with Gasteiger partial charge in [0.05, 0.1) is 12.7 Å². The first kappa shape index (κ1) is 16.7. The fraction of sp³-hybridized carbons (Fsp3) is 0.625. The van der Waals surface area contributed by atoms with Crippen molar-refractivity contribution >= 4 is 8.53 Å². The molecule has 1 saturated heterocycles. The van der Waals surface area contributed by atoms with E-state index in [4.69, 9.17) is 13.8 Å². The summed E-state index contributed by atoms with van der Waals surface area (Å²) in [5, 5.41) is 0. The molecular weight excluding hydrogens is 285 g/mol. The standard InChI is InChI=1S/C16H26NO3P/c1-3-15(18-2)14-19-21(17-12-8-5-9-13-17)20-16-10-6-4-7-11-16/h4,6-7,10-11,15H,3,5,8-9,12-14H2,1-2H3. The Bertz CT molecular complexity index is 380. The van der Waals surface area contributed by atoms with E-state index in [0.29, 0.717) is 6.61 Å². The van der Waals surface area contributed by atoms with E-state index < -0.39 is 8.53 Å². The highest BCUT2D eigenvalue weighted by molar-refractivity contribution is 7.45. The molecule has 21 heavy (non-hydrogen) atoms. The second-order valence-electron chi connectivity index (χ2n) is 5.22. The molecule has 2 rings (SSSR count).